The molecule has 1 spiro atoms. The Morgan fingerprint density at radius 1 is 1.30 bits per heavy atom. The number of hydrogen-bond acceptors (Lipinski definition) is 4. The van der Waals surface area contributed by atoms with Gasteiger partial charge >= 0.3 is 6.09 Å². The van der Waals surface area contributed by atoms with E-state index in [1.54, 1.807) is 4.90 Å². The predicted octanol–water partition coefficient (Wildman–Crippen LogP) is 3.15. The third-order valence-corrected chi connectivity index (χ3v) is 4.75. The van der Waals surface area contributed by atoms with Crippen molar-refractivity contribution in [3.05, 3.63) is 29.1 Å². The van der Waals surface area contributed by atoms with E-state index < -0.39 is 5.60 Å². The minimum absolute atomic E-state index is 0.224. The number of rotatable bonds is 0. The molecule has 0 aromatic carbocycles. The summed E-state index contributed by atoms with van der Waals surface area (Å²) in [6, 6.07) is 1.90. The van der Waals surface area contributed by atoms with Gasteiger partial charge in [-0.05, 0) is 58.6 Å². The second kappa shape index (κ2) is 5.32. The Labute approximate surface area is 137 Å². The van der Waals surface area contributed by atoms with Crippen molar-refractivity contribution in [3.8, 4) is 0 Å². The molecule has 1 saturated heterocycles. The number of hydrogen-bond donors (Lipinski definition) is 0. The van der Waals surface area contributed by atoms with Gasteiger partial charge in [-0.2, -0.15) is 0 Å². The predicted molar refractivity (Wildman–Crippen MR) is 86.5 cm³/mol. The SMILES string of the molecule is Cc1cc2c(cn1)CC1(CCN(C(=O)OC(C)(C)C)CC1)C2=O. The fourth-order valence-corrected chi connectivity index (χ4v) is 3.52. The van der Waals surface area contributed by atoms with Crippen LogP contribution in [0.1, 0.15) is 55.2 Å². The van der Waals surface area contributed by atoms with Gasteiger partial charge in [-0.1, -0.05) is 0 Å². The highest BCUT2D eigenvalue weighted by atomic mass is 16.6. The summed E-state index contributed by atoms with van der Waals surface area (Å²) in [5, 5.41) is 0. The molecule has 1 amide bonds. The van der Waals surface area contributed by atoms with Gasteiger partial charge < -0.3 is 9.64 Å². The minimum atomic E-state index is -0.491. The lowest BCUT2D eigenvalue weighted by Crippen LogP contribution is -2.47. The van der Waals surface area contributed by atoms with Crippen molar-refractivity contribution in [1.29, 1.82) is 0 Å². The van der Waals surface area contributed by atoms with E-state index in [1.807, 2.05) is 40.0 Å². The van der Waals surface area contributed by atoms with Crippen molar-refractivity contribution >= 4 is 11.9 Å². The number of amides is 1. The molecular formula is C18H24N2O3. The molecule has 1 aromatic rings. The third kappa shape index (κ3) is 2.96. The molecule has 1 aromatic heterocycles. The maximum absolute atomic E-state index is 12.9. The molecule has 0 unspecified atom stereocenters. The largest absolute Gasteiger partial charge is 0.444 e. The number of ketones is 1. The van der Waals surface area contributed by atoms with Gasteiger partial charge in [-0.25, -0.2) is 4.79 Å². The molecule has 0 bridgehead atoms. The zero-order valence-corrected chi connectivity index (χ0v) is 14.3. The smallest absolute Gasteiger partial charge is 0.410 e. The van der Waals surface area contributed by atoms with Crippen molar-refractivity contribution in [3.63, 3.8) is 0 Å². The number of ether oxygens (including phenoxy) is 1. The number of fused-ring (bicyclic) bond motifs is 1. The fraction of sp³-hybridized carbons (Fsp3) is 0.611. The summed E-state index contributed by atoms with van der Waals surface area (Å²) in [6.07, 6.45) is 3.68. The maximum atomic E-state index is 12.9. The number of nitrogens with zero attached hydrogens (tertiary/aromatic N) is 2. The van der Waals surface area contributed by atoms with Gasteiger partial charge in [0.1, 0.15) is 5.60 Å². The lowest BCUT2D eigenvalue weighted by atomic mass is 9.75. The highest BCUT2D eigenvalue weighted by molar-refractivity contribution is 6.05. The van der Waals surface area contributed by atoms with Crippen LogP contribution in [-0.2, 0) is 11.2 Å². The molecule has 0 radical (unpaired) electrons. The monoisotopic (exact) mass is 316 g/mol. The molecule has 124 valence electrons. The number of aryl methyl sites for hydroxylation is 1. The average Bonchev–Trinajstić information content (AvgIpc) is 2.71. The van der Waals surface area contributed by atoms with E-state index >= 15 is 0 Å². The molecule has 0 saturated carbocycles. The van der Waals surface area contributed by atoms with Crippen molar-refractivity contribution in [2.75, 3.05) is 13.1 Å². The zero-order valence-electron chi connectivity index (χ0n) is 14.3. The van der Waals surface area contributed by atoms with Crippen molar-refractivity contribution in [2.45, 2.75) is 52.6 Å². The maximum Gasteiger partial charge on any atom is 0.410 e. The van der Waals surface area contributed by atoms with Crippen molar-refractivity contribution < 1.29 is 14.3 Å². The highest BCUT2D eigenvalue weighted by Gasteiger charge is 2.48. The Kier molecular flexibility index (Phi) is 3.69. The van der Waals surface area contributed by atoms with E-state index in [0.717, 1.165) is 23.2 Å². The van der Waals surface area contributed by atoms with Crippen LogP contribution in [0.3, 0.4) is 0 Å². The number of likely N-dealkylation sites (tertiary alicyclic amines) is 1. The van der Waals surface area contributed by atoms with Crippen LogP contribution in [-0.4, -0.2) is 40.5 Å². The molecule has 2 aliphatic rings. The third-order valence-electron chi connectivity index (χ3n) is 4.75. The van der Waals surface area contributed by atoms with Crippen molar-refractivity contribution in [2.24, 2.45) is 5.41 Å². The number of carbonyl (C=O) groups is 2. The van der Waals surface area contributed by atoms with Crippen molar-refractivity contribution in [1.82, 2.24) is 9.88 Å². The van der Waals surface area contributed by atoms with Gasteiger partial charge in [0.15, 0.2) is 5.78 Å². The van der Waals surface area contributed by atoms with Crippen LogP contribution in [0.4, 0.5) is 4.79 Å². The molecule has 1 fully saturated rings. The Hall–Kier alpha value is -1.91. The van der Waals surface area contributed by atoms with E-state index in [1.165, 1.54) is 0 Å². The molecule has 1 aliphatic carbocycles. The molecule has 3 rings (SSSR count). The number of pyridine rings is 1. The number of aromatic nitrogens is 1. The van der Waals surface area contributed by atoms with E-state index in [-0.39, 0.29) is 17.3 Å². The second-order valence-electron chi connectivity index (χ2n) is 7.74. The van der Waals surface area contributed by atoms with Gasteiger partial charge in [-0.3, -0.25) is 9.78 Å². The summed E-state index contributed by atoms with van der Waals surface area (Å²) >= 11 is 0. The summed E-state index contributed by atoms with van der Waals surface area (Å²) in [5.74, 6) is 0.224. The molecule has 2 heterocycles. The lowest BCUT2D eigenvalue weighted by Gasteiger charge is -2.38. The van der Waals surface area contributed by atoms with Crippen LogP contribution >= 0.6 is 0 Å². The first kappa shape index (κ1) is 16.0. The Balaban J connectivity index is 1.70. The minimum Gasteiger partial charge on any atom is -0.444 e. The molecule has 5 heteroatoms. The molecule has 0 N–H and O–H groups in total. The van der Waals surface area contributed by atoms with Gasteiger partial charge in [0.05, 0.1) is 0 Å². The zero-order chi connectivity index (χ0) is 16.8. The van der Waals surface area contributed by atoms with Gasteiger partial charge in [0.25, 0.3) is 0 Å². The Morgan fingerprint density at radius 3 is 2.57 bits per heavy atom. The van der Waals surface area contributed by atoms with Gasteiger partial charge in [-0.15, -0.1) is 0 Å². The van der Waals surface area contributed by atoms with Crippen LogP contribution in [0.25, 0.3) is 0 Å². The van der Waals surface area contributed by atoms with Gasteiger partial charge in [0.2, 0.25) is 0 Å². The van der Waals surface area contributed by atoms with Crippen LogP contribution < -0.4 is 0 Å². The van der Waals surface area contributed by atoms with Crippen LogP contribution in [0.2, 0.25) is 0 Å². The lowest BCUT2D eigenvalue weighted by molar-refractivity contribution is 0.0114. The summed E-state index contributed by atoms with van der Waals surface area (Å²) in [7, 11) is 0. The van der Waals surface area contributed by atoms with Crippen LogP contribution in [0.15, 0.2) is 12.3 Å². The topological polar surface area (TPSA) is 59.5 Å². The molecular weight excluding hydrogens is 292 g/mol. The first-order valence-corrected chi connectivity index (χ1v) is 8.18. The van der Waals surface area contributed by atoms with Crippen LogP contribution in [0.5, 0.6) is 0 Å². The number of carbonyl (C=O) groups excluding carboxylic acids is 2. The normalized spacial score (nSPS) is 19.8. The standard InChI is InChI=1S/C18H24N2O3/c1-12-9-14-13(11-19-12)10-18(15(14)21)5-7-20(8-6-18)16(22)23-17(2,3)4/h9,11H,5-8,10H2,1-4H3. The summed E-state index contributed by atoms with van der Waals surface area (Å²) in [5.41, 5.74) is 1.90. The number of piperidine rings is 1. The Morgan fingerprint density at radius 2 is 1.96 bits per heavy atom. The van der Waals surface area contributed by atoms with E-state index in [4.69, 9.17) is 4.74 Å². The first-order valence-electron chi connectivity index (χ1n) is 8.18. The number of Topliss-reactive ketones (excluding diaryl/α,β-unsaturated/α-hetero) is 1. The van der Waals surface area contributed by atoms with E-state index in [9.17, 15) is 9.59 Å². The summed E-state index contributed by atoms with van der Waals surface area (Å²) in [6.45, 7) is 8.64. The average molecular weight is 316 g/mol. The fourth-order valence-electron chi connectivity index (χ4n) is 3.52. The summed E-state index contributed by atoms with van der Waals surface area (Å²) in [4.78, 5) is 31.1. The molecule has 5 nitrogen and oxygen atoms in total. The highest BCUT2D eigenvalue weighted by Crippen LogP contribution is 2.44. The quantitative estimate of drug-likeness (QED) is 0.738. The summed E-state index contributed by atoms with van der Waals surface area (Å²) < 4.78 is 5.42. The van der Waals surface area contributed by atoms with Crippen LogP contribution in [0, 0.1) is 12.3 Å². The first-order chi connectivity index (χ1) is 10.7. The van der Waals surface area contributed by atoms with E-state index in [0.29, 0.717) is 25.9 Å². The molecule has 1 aliphatic heterocycles. The Bertz CT molecular complexity index is 653. The second-order valence-corrected chi connectivity index (χ2v) is 7.74. The molecule has 0 atom stereocenters. The molecule has 23 heavy (non-hydrogen) atoms. The van der Waals surface area contributed by atoms with E-state index in [2.05, 4.69) is 4.98 Å². The van der Waals surface area contributed by atoms with Gasteiger partial charge in [0, 0.05) is 36.0 Å².